The SMILES string of the molecule is Cc1ccc(SCC(=O)O[C@H](C)C(=O)N[C@H]2CCCC[C@H]2C)c(C)c1. The highest BCUT2D eigenvalue weighted by Crippen LogP contribution is 2.24. The highest BCUT2D eigenvalue weighted by Gasteiger charge is 2.26. The highest BCUT2D eigenvalue weighted by atomic mass is 32.2. The number of nitrogens with one attached hydrogen (secondary N) is 1. The average Bonchev–Trinajstić information content (AvgIpc) is 2.56. The summed E-state index contributed by atoms with van der Waals surface area (Å²) in [7, 11) is 0. The number of carbonyl (C=O) groups is 2. The molecule has 0 aromatic heterocycles. The Morgan fingerprint density at radius 2 is 2.00 bits per heavy atom. The fourth-order valence-corrected chi connectivity index (χ4v) is 4.01. The van der Waals surface area contributed by atoms with Gasteiger partial charge in [0.2, 0.25) is 0 Å². The van der Waals surface area contributed by atoms with Crippen LogP contribution in [0.4, 0.5) is 0 Å². The van der Waals surface area contributed by atoms with E-state index < -0.39 is 6.10 Å². The molecule has 138 valence electrons. The van der Waals surface area contributed by atoms with Crippen LogP contribution in [-0.2, 0) is 14.3 Å². The van der Waals surface area contributed by atoms with E-state index in [-0.39, 0.29) is 23.7 Å². The molecule has 1 aromatic rings. The van der Waals surface area contributed by atoms with Gasteiger partial charge >= 0.3 is 5.97 Å². The Labute approximate surface area is 155 Å². The molecule has 0 bridgehead atoms. The molecule has 0 unspecified atom stereocenters. The molecule has 1 amide bonds. The molecule has 25 heavy (non-hydrogen) atoms. The van der Waals surface area contributed by atoms with Crippen molar-refractivity contribution in [3.63, 3.8) is 0 Å². The van der Waals surface area contributed by atoms with Crippen molar-refractivity contribution in [3.8, 4) is 0 Å². The molecule has 0 spiro atoms. The Morgan fingerprint density at radius 1 is 1.28 bits per heavy atom. The second-order valence-corrected chi connectivity index (χ2v) is 8.08. The Kier molecular flexibility index (Phi) is 7.36. The Balaban J connectivity index is 1.77. The monoisotopic (exact) mass is 363 g/mol. The standard InChI is InChI=1S/C20H29NO3S/c1-13-9-10-18(15(3)11-13)25-12-19(22)24-16(4)20(23)21-17-8-6-5-7-14(17)2/h9-11,14,16-17H,5-8,12H2,1-4H3,(H,21,23)/t14-,16-,17+/m1/s1. The van der Waals surface area contributed by atoms with E-state index in [0.717, 1.165) is 29.7 Å². The molecular weight excluding hydrogens is 334 g/mol. The maximum Gasteiger partial charge on any atom is 0.317 e. The molecule has 1 aromatic carbocycles. The van der Waals surface area contributed by atoms with Crippen LogP contribution in [-0.4, -0.2) is 29.8 Å². The Bertz CT molecular complexity index is 617. The minimum absolute atomic E-state index is 0.191. The topological polar surface area (TPSA) is 55.4 Å². The number of esters is 1. The zero-order valence-corrected chi connectivity index (χ0v) is 16.4. The summed E-state index contributed by atoms with van der Waals surface area (Å²) in [5.74, 6) is 0.148. The van der Waals surface area contributed by atoms with Gasteiger partial charge in [-0.2, -0.15) is 0 Å². The zero-order valence-electron chi connectivity index (χ0n) is 15.6. The lowest BCUT2D eigenvalue weighted by molar-refractivity contribution is -0.152. The van der Waals surface area contributed by atoms with Gasteiger partial charge in [0.05, 0.1) is 5.75 Å². The van der Waals surface area contributed by atoms with Crippen molar-refractivity contribution in [2.45, 2.75) is 70.4 Å². The largest absolute Gasteiger partial charge is 0.452 e. The smallest absolute Gasteiger partial charge is 0.317 e. The van der Waals surface area contributed by atoms with E-state index in [1.165, 1.54) is 23.7 Å². The number of rotatable bonds is 6. The summed E-state index contributed by atoms with van der Waals surface area (Å²) in [4.78, 5) is 25.4. The summed E-state index contributed by atoms with van der Waals surface area (Å²) in [6, 6.07) is 6.34. The number of benzene rings is 1. The number of carbonyl (C=O) groups excluding carboxylic acids is 2. The van der Waals surface area contributed by atoms with Gasteiger partial charge in [0.1, 0.15) is 0 Å². The van der Waals surface area contributed by atoms with Crippen LogP contribution in [0.5, 0.6) is 0 Å². The first-order valence-corrected chi connectivity index (χ1v) is 10.0. The predicted molar refractivity (Wildman–Crippen MR) is 102 cm³/mol. The van der Waals surface area contributed by atoms with Crippen LogP contribution in [0.25, 0.3) is 0 Å². The van der Waals surface area contributed by atoms with Crippen LogP contribution < -0.4 is 5.32 Å². The molecule has 4 nitrogen and oxygen atoms in total. The van der Waals surface area contributed by atoms with Gasteiger partial charge in [-0.3, -0.25) is 9.59 Å². The van der Waals surface area contributed by atoms with Gasteiger partial charge in [0, 0.05) is 10.9 Å². The van der Waals surface area contributed by atoms with E-state index in [1.54, 1.807) is 6.92 Å². The van der Waals surface area contributed by atoms with E-state index in [2.05, 4.69) is 18.3 Å². The van der Waals surface area contributed by atoms with Crippen molar-refractivity contribution in [2.24, 2.45) is 5.92 Å². The highest BCUT2D eigenvalue weighted by molar-refractivity contribution is 8.00. The molecule has 1 fully saturated rings. The lowest BCUT2D eigenvalue weighted by atomic mass is 9.86. The third-order valence-corrected chi connectivity index (χ3v) is 5.94. The van der Waals surface area contributed by atoms with E-state index >= 15 is 0 Å². The zero-order chi connectivity index (χ0) is 18.4. The van der Waals surface area contributed by atoms with E-state index in [9.17, 15) is 9.59 Å². The first kappa shape index (κ1) is 19.8. The minimum atomic E-state index is -0.749. The molecule has 2 rings (SSSR count). The second-order valence-electron chi connectivity index (χ2n) is 7.07. The summed E-state index contributed by atoms with van der Waals surface area (Å²) < 4.78 is 5.30. The van der Waals surface area contributed by atoms with Crippen LogP contribution >= 0.6 is 11.8 Å². The molecule has 1 aliphatic carbocycles. The first-order chi connectivity index (χ1) is 11.9. The van der Waals surface area contributed by atoms with Crippen molar-refractivity contribution in [1.82, 2.24) is 5.32 Å². The molecule has 1 aliphatic rings. The van der Waals surface area contributed by atoms with Gasteiger partial charge in [0.25, 0.3) is 5.91 Å². The molecule has 0 radical (unpaired) electrons. The molecule has 1 N–H and O–H groups in total. The van der Waals surface area contributed by atoms with Crippen molar-refractivity contribution in [3.05, 3.63) is 29.3 Å². The molecule has 0 aliphatic heterocycles. The van der Waals surface area contributed by atoms with Crippen molar-refractivity contribution < 1.29 is 14.3 Å². The van der Waals surface area contributed by atoms with Gasteiger partial charge in [0.15, 0.2) is 6.10 Å². The van der Waals surface area contributed by atoms with Gasteiger partial charge < -0.3 is 10.1 Å². The molecule has 5 heteroatoms. The molecule has 0 heterocycles. The molecule has 3 atom stereocenters. The first-order valence-electron chi connectivity index (χ1n) is 9.06. The van der Waals surface area contributed by atoms with Crippen molar-refractivity contribution in [1.29, 1.82) is 0 Å². The average molecular weight is 364 g/mol. The van der Waals surface area contributed by atoms with Crippen LogP contribution in [0.2, 0.25) is 0 Å². The summed E-state index contributed by atoms with van der Waals surface area (Å²) >= 11 is 1.45. The summed E-state index contributed by atoms with van der Waals surface area (Å²) in [5, 5.41) is 3.04. The normalized spacial score (nSPS) is 21.4. The lowest BCUT2D eigenvalue weighted by Crippen LogP contribution is -2.46. The number of hydrogen-bond acceptors (Lipinski definition) is 4. The van der Waals surface area contributed by atoms with Crippen LogP contribution in [0, 0.1) is 19.8 Å². The molecule has 1 saturated carbocycles. The second kappa shape index (κ2) is 9.27. The third kappa shape index (κ3) is 6.07. The number of hydrogen-bond donors (Lipinski definition) is 1. The molecule has 0 saturated heterocycles. The van der Waals surface area contributed by atoms with Crippen LogP contribution in [0.15, 0.2) is 23.1 Å². The maximum absolute atomic E-state index is 12.3. The minimum Gasteiger partial charge on any atom is -0.452 e. The fourth-order valence-electron chi connectivity index (χ4n) is 3.21. The molecular formula is C20H29NO3S. The summed E-state index contributed by atoms with van der Waals surface area (Å²) in [6.45, 7) is 7.88. The van der Waals surface area contributed by atoms with Gasteiger partial charge in [-0.25, -0.2) is 0 Å². The third-order valence-electron chi connectivity index (χ3n) is 4.79. The van der Waals surface area contributed by atoms with Gasteiger partial charge in [-0.1, -0.05) is 37.5 Å². The maximum atomic E-state index is 12.3. The van der Waals surface area contributed by atoms with E-state index in [1.807, 2.05) is 26.0 Å². The Morgan fingerprint density at radius 3 is 2.68 bits per heavy atom. The number of ether oxygens (including phenoxy) is 1. The van der Waals surface area contributed by atoms with Gasteiger partial charge in [-0.05, 0) is 51.2 Å². The Hall–Kier alpha value is -1.49. The van der Waals surface area contributed by atoms with Crippen molar-refractivity contribution in [2.75, 3.05) is 5.75 Å². The van der Waals surface area contributed by atoms with Gasteiger partial charge in [-0.15, -0.1) is 11.8 Å². The summed E-state index contributed by atoms with van der Waals surface area (Å²) in [5.41, 5.74) is 2.35. The lowest BCUT2D eigenvalue weighted by Gasteiger charge is -2.30. The number of thioether (sulfide) groups is 1. The van der Waals surface area contributed by atoms with Crippen LogP contribution in [0.1, 0.15) is 50.7 Å². The fraction of sp³-hybridized carbons (Fsp3) is 0.600. The van der Waals surface area contributed by atoms with E-state index in [4.69, 9.17) is 4.74 Å². The predicted octanol–water partition coefficient (Wildman–Crippen LogP) is 4.02. The number of aryl methyl sites for hydroxylation is 2. The summed E-state index contributed by atoms with van der Waals surface area (Å²) in [6.07, 6.45) is 3.78. The quantitative estimate of drug-likeness (QED) is 0.613. The number of amides is 1. The van der Waals surface area contributed by atoms with Crippen LogP contribution in [0.3, 0.4) is 0 Å². The van der Waals surface area contributed by atoms with E-state index in [0.29, 0.717) is 5.92 Å². The van der Waals surface area contributed by atoms with Crippen molar-refractivity contribution >= 4 is 23.6 Å².